The van der Waals surface area contributed by atoms with E-state index in [4.69, 9.17) is 0 Å². The first-order valence-electron chi connectivity index (χ1n) is 4.16. The van der Waals surface area contributed by atoms with Crippen molar-refractivity contribution in [2.45, 2.75) is 12.5 Å². The molecule has 1 unspecified atom stereocenters. The van der Waals surface area contributed by atoms with Gasteiger partial charge in [-0.3, -0.25) is 0 Å². The molecule has 12 heavy (non-hydrogen) atoms. The molecule has 1 heterocycles. The summed E-state index contributed by atoms with van der Waals surface area (Å²) >= 11 is 0. The summed E-state index contributed by atoms with van der Waals surface area (Å²) in [6.45, 7) is 8.96. The Kier molecular flexibility index (Phi) is 3.11. The van der Waals surface area contributed by atoms with Crippen LogP contribution < -0.4 is 0 Å². The van der Waals surface area contributed by atoms with Gasteiger partial charge in [-0.15, -0.1) is 0 Å². The van der Waals surface area contributed by atoms with Gasteiger partial charge in [0.25, 0.3) is 0 Å². The number of hydrogen-bond donors (Lipinski definition) is 1. The molecule has 0 aliphatic carbocycles. The predicted molar refractivity (Wildman–Crippen MR) is 50.7 cm³/mol. The van der Waals surface area contributed by atoms with Crippen molar-refractivity contribution in [3.05, 3.63) is 37.1 Å². The highest BCUT2D eigenvalue weighted by molar-refractivity contribution is 5.20. The third-order valence-corrected chi connectivity index (χ3v) is 2.03. The third-order valence-electron chi connectivity index (χ3n) is 2.03. The molecular formula is C10H15NO. The van der Waals surface area contributed by atoms with E-state index in [1.165, 1.54) is 0 Å². The summed E-state index contributed by atoms with van der Waals surface area (Å²) in [5.74, 6) is 0. The maximum absolute atomic E-state index is 9.28. The highest BCUT2D eigenvalue weighted by Crippen LogP contribution is 2.15. The average molecular weight is 165 g/mol. The lowest BCUT2D eigenvalue weighted by Gasteiger charge is -2.18. The Balaban J connectivity index is 2.61. The van der Waals surface area contributed by atoms with Gasteiger partial charge in [0.15, 0.2) is 0 Å². The van der Waals surface area contributed by atoms with E-state index in [9.17, 15) is 5.11 Å². The van der Waals surface area contributed by atoms with Crippen LogP contribution in [-0.4, -0.2) is 29.2 Å². The SMILES string of the molecule is C=CC=C(C=C)N1CCC(O)C1. The first-order valence-corrected chi connectivity index (χ1v) is 4.16. The Morgan fingerprint density at radius 2 is 2.25 bits per heavy atom. The predicted octanol–water partition coefficient (Wildman–Crippen LogP) is 1.31. The third kappa shape index (κ3) is 1.98. The highest BCUT2D eigenvalue weighted by Gasteiger charge is 2.19. The Morgan fingerprint density at radius 3 is 2.67 bits per heavy atom. The largest absolute Gasteiger partial charge is 0.391 e. The topological polar surface area (TPSA) is 23.5 Å². The Morgan fingerprint density at radius 1 is 1.50 bits per heavy atom. The molecule has 0 aromatic carbocycles. The number of hydrogen-bond acceptors (Lipinski definition) is 2. The van der Waals surface area contributed by atoms with Crippen LogP contribution in [0.3, 0.4) is 0 Å². The van der Waals surface area contributed by atoms with Crippen molar-refractivity contribution in [2.75, 3.05) is 13.1 Å². The summed E-state index contributed by atoms with van der Waals surface area (Å²) in [5.41, 5.74) is 1.04. The molecule has 1 N–H and O–H groups in total. The zero-order chi connectivity index (χ0) is 8.97. The number of nitrogens with zero attached hydrogens (tertiary/aromatic N) is 1. The van der Waals surface area contributed by atoms with Crippen molar-refractivity contribution >= 4 is 0 Å². The maximum Gasteiger partial charge on any atom is 0.0731 e. The summed E-state index contributed by atoms with van der Waals surface area (Å²) < 4.78 is 0. The lowest BCUT2D eigenvalue weighted by atomic mass is 10.3. The zero-order valence-corrected chi connectivity index (χ0v) is 7.24. The second-order valence-electron chi connectivity index (χ2n) is 2.92. The van der Waals surface area contributed by atoms with Crippen LogP contribution in [-0.2, 0) is 0 Å². The first-order chi connectivity index (χ1) is 5.77. The van der Waals surface area contributed by atoms with Crippen LogP contribution in [0.5, 0.6) is 0 Å². The quantitative estimate of drug-likeness (QED) is 0.637. The van der Waals surface area contributed by atoms with Gasteiger partial charge in [-0.05, 0) is 18.6 Å². The molecule has 1 fully saturated rings. The van der Waals surface area contributed by atoms with Crippen molar-refractivity contribution < 1.29 is 5.11 Å². The number of rotatable bonds is 3. The van der Waals surface area contributed by atoms with E-state index >= 15 is 0 Å². The normalized spacial score (nSPS) is 24.2. The van der Waals surface area contributed by atoms with Gasteiger partial charge in [-0.25, -0.2) is 0 Å². The van der Waals surface area contributed by atoms with E-state index in [-0.39, 0.29) is 6.10 Å². The van der Waals surface area contributed by atoms with E-state index in [2.05, 4.69) is 18.1 Å². The molecule has 1 atom stereocenters. The van der Waals surface area contributed by atoms with Crippen LogP contribution in [0.2, 0.25) is 0 Å². The lowest BCUT2D eigenvalue weighted by Crippen LogP contribution is -2.20. The van der Waals surface area contributed by atoms with Gasteiger partial charge < -0.3 is 10.0 Å². The smallest absolute Gasteiger partial charge is 0.0731 e. The summed E-state index contributed by atoms with van der Waals surface area (Å²) in [7, 11) is 0. The molecule has 0 aromatic rings. The Hall–Kier alpha value is -1.02. The van der Waals surface area contributed by atoms with Gasteiger partial charge in [0.05, 0.1) is 6.10 Å². The molecule has 0 aromatic heterocycles. The molecule has 1 aliphatic rings. The standard InChI is InChI=1S/C10H15NO/c1-3-5-9(4-2)11-7-6-10(12)8-11/h3-5,10,12H,1-2,6-8H2. The van der Waals surface area contributed by atoms with Crippen molar-refractivity contribution in [2.24, 2.45) is 0 Å². The summed E-state index contributed by atoms with van der Waals surface area (Å²) in [6.07, 6.45) is 6.10. The molecule has 0 amide bonds. The first kappa shape index (κ1) is 9.07. The van der Waals surface area contributed by atoms with E-state index in [1.54, 1.807) is 12.2 Å². The molecule has 2 heteroatoms. The second kappa shape index (κ2) is 4.12. The van der Waals surface area contributed by atoms with Gasteiger partial charge in [-0.1, -0.05) is 19.2 Å². The fraction of sp³-hybridized carbons (Fsp3) is 0.400. The van der Waals surface area contributed by atoms with Crippen molar-refractivity contribution in [1.82, 2.24) is 4.90 Å². The molecule has 2 nitrogen and oxygen atoms in total. The van der Waals surface area contributed by atoms with Gasteiger partial charge in [0, 0.05) is 18.8 Å². The van der Waals surface area contributed by atoms with Crippen LogP contribution in [0.15, 0.2) is 37.1 Å². The zero-order valence-electron chi connectivity index (χ0n) is 7.24. The van der Waals surface area contributed by atoms with Crippen LogP contribution in [0.25, 0.3) is 0 Å². The molecule has 1 saturated heterocycles. The second-order valence-corrected chi connectivity index (χ2v) is 2.92. The minimum atomic E-state index is -0.182. The van der Waals surface area contributed by atoms with Gasteiger partial charge in [-0.2, -0.15) is 0 Å². The number of likely N-dealkylation sites (tertiary alicyclic amines) is 1. The van der Waals surface area contributed by atoms with Crippen LogP contribution >= 0.6 is 0 Å². The molecule has 0 bridgehead atoms. The van der Waals surface area contributed by atoms with Gasteiger partial charge in [0.2, 0.25) is 0 Å². The van der Waals surface area contributed by atoms with Crippen LogP contribution in [0.4, 0.5) is 0 Å². The van der Waals surface area contributed by atoms with Crippen molar-refractivity contribution in [3.8, 4) is 0 Å². The van der Waals surface area contributed by atoms with Crippen molar-refractivity contribution in [1.29, 1.82) is 0 Å². The van der Waals surface area contributed by atoms with E-state index in [0.29, 0.717) is 6.54 Å². The molecular weight excluding hydrogens is 150 g/mol. The number of aliphatic hydroxyl groups is 1. The van der Waals surface area contributed by atoms with E-state index < -0.39 is 0 Å². The Labute approximate surface area is 73.5 Å². The van der Waals surface area contributed by atoms with Gasteiger partial charge in [0.1, 0.15) is 0 Å². The molecule has 1 aliphatic heterocycles. The fourth-order valence-corrected chi connectivity index (χ4v) is 1.40. The number of β-amino-alcohol motifs (C(OH)–C–C–N with tert-alkyl or cyclic N) is 1. The lowest BCUT2D eigenvalue weighted by molar-refractivity contribution is 0.184. The van der Waals surface area contributed by atoms with Crippen LogP contribution in [0.1, 0.15) is 6.42 Å². The van der Waals surface area contributed by atoms with E-state index in [1.807, 2.05) is 6.08 Å². The highest BCUT2D eigenvalue weighted by atomic mass is 16.3. The molecule has 66 valence electrons. The summed E-state index contributed by atoms with van der Waals surface area (Å²) in [4.78, 5) is 2.11. The number of aliphatic hydroxyl groups excluding tert-OH is 1. The molecule has 0 saturated carbocycles. The van der Waals surface area contributed by atoms with Gasteiger partial charge >= 0.3 is 0 Å². The number of allylic oxidation sites excluding steroid dienone is 3. The summed E-state index contributed by atoms with van der Waals surface area (Å²) in [6, 6.07) is 0. The summed E-state index contributed by atoms with van der Waals surface area (Å²) in [5, 5.41) is 9.28. The van der Waals surface area contributed by atoms with Crippen LogP contribution in [0, 0.1) is 0 Å². The fourth-order valence-electron chi connectivity index (χ4n) is 1.40. The molecule has 1 rings (SSSR count). The average Bonchev–Trinajstić information content (AvgIpc) is 2.47. The maximum atomic E-state index is 9.28. The monoisotopic (exact) mass is 165 g/mol. The van der Waals surface area contributed by atoms with E-state index in [0.717, 1.165) is 18.7 Å². The van der Waals surface area contributed by atoms with Crippen molar-refractivity contribution in [3.63, 3.8) is 0 Å². The molecule has 0 spiro atoms. The minimum absolute atomic E-state index is 0.182. The minimum Gasteiger partial charge on any atom is -0.391 e. The molecule has 0 radical (unpaired) electrons. The Bertz CT molecular complexity index is 208.